The molecule has 2 rings (SSSR count). The number of benzene rings is 1. The van der Waals surface area contributed by atoms with E-state index in [4.69, 9.17) is 0 Å². The highest BCUT2D eigenvalue weighted by atomic mass is 32.2. The lowest BCUT2D eigenvalue weighted by molar-refractivity contribution is -0.147. The summed E-state index contributed by atoms with van der Waals surface area (Å²) in [4.78, 5) is 26.4. The van der Waals surface area contributed by atoms with E-state index in [9.17, 15) is 19.1 Å². The standard InChI is InChI=1S/C17H22FNO3S/c1-11-7-13(17(21)22)9-19(8-11)16(20)12(2)10-23-15-5-3-14(18)4-6-15/h3-6,11-13H,7-10H2,1-2H3,(H,21,22). The first-order valence-electron chi connectivity index (χ1n) is 7.76. The lowest BCUT2D eigenvalue weighted by Crippen LogP contribution is -2.47. The molecule has 0 aliphatic carbocycles. The summed E-state index contributed by atoms with van der Waals surface area (Å²) in [6.07, 6.45) is 0.623. The van der Waals surface area contributed by atoms with Crippen molar-refractivity contribution >= 4 is 23.6 Å². The van der Waals surface area contributed by atoms with Crippen LogP contribution in [0.2, 0.25) is 0 Å². The molecule has 1 saturated heterocycles. The highest BCUT2D eigenvalue weighted by Crippen LogP contribution is 2.26. The molecular formula is C17H22FNO3S. The number of piperidine rings is 1. The molecule has 3 atom stereocenters. The molecule has 4 nitrogen and oxygen atoms in total. The number of rotatable bonds is 5. The molecule has 1 aromatic rings. The van der Waals surface area contributed by atoms with Gasteiger partial charge in [0.05, 0.1) is 5.92 Å². The monoisotopic (exact) mass is 339 g/mol. The zero-order valence-corrected chi connectivity index (χ0v) is 14.2. The zero-order valence-electron chi connectivity index (χ0n) is 13.4. The molecule has 1 heterocycles. The molecule has 0 bridgehead atoms. The Labute approximate surface area is 140 Å². The van der Waals surface area contributed by atoms with Gasteiger partial charge >= 0.3 is 5.97 Å². The molecule has 23 heavy (non-hydrogen) atoms. The highest BCUT2D eigenvalue weighted by molar-refractivity contribution is 7.99. The summed E-state index contributed by atoms with van der Waals surface area (Å²) in [6.45, 7) is 4.75. The van der Waals surface area contributed by atoms with E-state index in [0.717, 1.165) is 4.90 Å². The number of nitrogens with zero attached hydrogens (tertiary/aromatic N) is 1. The Bertz CT molecular complexity index is 563. The largest absolute Gasteiger partial charge is 0.481 e. The van der Waals surface area contributed by atoms with E-state index in [1.165, 1.54) is 23.9 Å². The summed E-state index contributed by atoms with van der Waals surface area (Å²) < 4.78 is 12.9. The Balaban J connectivity index is 1.90. The normalized spacial score (nSPS) is 22.7. The topological polar surface area (TPSA) is 57.6 Å². The van der Waals surface area contributed by atoms with E-state index in [1.807, 2.05) is 13.8 Å². The molecule has 3 unspecified atom stereocenters. The number of thioether (sulfide) groups is 1. The van der Waals surface area contributed by atoms with Crippen molar-refractivity contribution in [2.75, 3.05) is 18.8 Å². The Morgan fingerprint density at radius 1 is 1.35 bits per heavy atom. The van der Waals surface area contributed by atoms with Gasteiger partial charge in [0.1, 0.15) is 5.82 Å². The summed E-state index contributed by atoms with van der Waals surface area (Å²) in [5.74, 6) is -0.997. The number of amides is 1. The minimum absolute atomic E-state index is 0.00240. The molecule has 1 fully saturated rings. The molecule has 0 spiro atoms. The Kier molecular flexibility index (Phi) is 6.04. The zero-order chi connectivity index (χ0) is 17.0. The van der Waals surface area contributed by atoms with Crippen LogP contribution in [0.3, 0.4) is 0 Å². The smallest absolute Gasteiger partial charge is 0.308 e. The SMILES string of the molecule is CC1CC(C(=O)O)CN(C(=O)C(C)CSc2ccc(F)cc2)C1. The van der Waals surface area contributed by atoms with Gasteiger partial charge in [-0.3, -0.25) is 9.59 Å². The fourth-order valence-corrected chi connectivity index (χ4v) is 3.76. The van der Waals surface area contributed by atoms with Crippen LogP contribution in [0.15, 0.2) is 29.2 Å². The van der Waals surface area contributed by atoms with Crippen molar-refractivity contribution in [2.24, 2.45) is 17.8 Å². The van der Waals surface area contributed by atoms with Gasteiger partial charge in [-0.25, -0.2) is 4.39 Å². The molecule has 1 N–H and O–H groups in total. The predicted octanol–water partition coefficient (Wildman–Crippen LogP) is 3.12. The van der Waals surface area contributed by atoms with Crippen LogP contribution in [-0.2, 0) is 9.59 Å². The number of hydrogen-bond acceptors (Lipinski definition) is 3. The van der Waals surface area contributed by atoms with E-state index >= 15 is 0 Å². The number of likely N-dealkylation sites (tertiary alicyclic amines) is 1. The van der Waals surface area contributed by atoms with Crippen molar-refractivity contribution in [1.82, 2.24) is 4.90 Å². The van der Waals surface area contributed by atoms with Gasteiger partial charge in [-0.15, -0.1) is 11.8 Å². The molecule has 0 radical (unpaired) electrons. The molecule has 0 saturated carbocycles. The predicted molar refractivity (Wildman–Crippen MR) is 87.8 cm³/mol. The van der Waals surface area contributed by atoms with E-state index in [0.29, 0.717) is 25.3 Å². The lowest BCUT2D eigenvalue weighted by atomic mass is 9.90. The number of carbonyl (C=O) groups is 2. The molecule has 1 amide bonds. The number of carbonyl (C=O) groups excluding carboxylic acids is 1. The van der Waals surface area contributed by atoms with Gasteiger partial charge in [0, 0.05) is 29.7 Å². The third kappa shape index (κ3) is 4.96. The van der Waals surface area contributed by atoms with Crippen LogP contribution in [0.25, 0.3) is 0 Å². The number of halogens is 1. The van der Waals surface area contributed by atoms with Crippen LogP contribution in [0, 0.1) is 23.6 Å². The van der Waals surface area contributed by atoms with Crippen LogP contribution in [0.1, 0.15) is 20.3 Å². The van der Waals surface area contributed by atoms with Crippen molar-refractivity contribution in [3.05, 3.63) is 30.1 Å². The Morgan fingerprint density at radius 3 is 2.61 bits per heavy atom. The van der Waals surface area contributed by atoms with E-state index in [2.05, 4.69) is 0 Å². The van der Waals surface area contributed by atoms with Gasteiger partial charge in [0.25, 0.3) is 0 Å². The lowest BCUT2D eigenvalue weighted by Gasteiger charge is -2.36. The quantitative estimate of drug-likeness (QED) is 0.838. The van der Waals surface area contributed by atoms with Crippen molar-refractivity contribution in [3.8, 4) is 0 Å². The first-order valence-corrected chi connectivity index (χ1v) is 8.75. The summed E-state index contributed by atoms with van der Waals surface area (Å²) in [5, 5.41) is 9.20. The van der Waals surface area contributed by atoms with Gasteiger partial charge in [-0.05, 0) is 36.6 Å². The molecule has 1 aromatic carbocycles. The van der Waals surface area contributed by atoms with Crippen molar-refractivity contribution in [1.29, 1.82) is 0 Å². The maximum atomic E-state index is 12.9. The summed E-state index contributed by atoms with van der Waals surface area (Å²) >= 11 is 1.51. The van der Waals surface area contributed by atoms with Gasteiger partial charge in [-0.1, -0.05) is 13.8 Å². The van der Waals surface area contributed by atoms with Crippen LogP contribution >= 0.6 is 11.8 Å². The van der Waals surface area contributed by atoms with E-state index in [1.54, 1.807) is 17.0 Å². The van der Waals surface area contributed by atoms with Gasteiger partial charge in [0.2, 0.25) is 5.91 Å². The Morgan fingerprint density at radius 2 is 2.00 bits per heavy atom. The van der Waals surface area contributed by atoms with Crippen molar-refractivity contribution < 1.29 is 19.1 Å². The molecular weight excluding hydrogens is 317 g/mol. The number of carboxylic acid groups (broad SMARTS) is 1. The number of aliphatic carboxylic acids is 1. The minimum Gasteiger partial charge on any atom is -0.481 e. The third-order valence-electron chi connectivity index (χ3n) is 4.06. The van der Waals surface area contributed by atoms with Crippen molar-refractivity contribution in [3.63, 3.8) is 0 Å². The van der Waals surface area contributed by atoms with Gasteiger partial charge in [0.15, 0.2) is 0 Å². The second-order valence-corrected chi connectivity index (χ2v) is 7.38. The Hall–Kier alpha value is -1.56. The van der Waals surface area contributed by atoms with Crippen molar-refractivity contribution in [2.45, 2.75) is 25.2 Å². The fraction of sp³-hybridized carbons (Fsp3) is 0.529. The summed E-state index contributed by atoms with van der Waals surface area (Å²) in [6, 6.07) is 6.19. The van der Waals surface area contributed by atoms with Gasteiger partial charge in [-0.2, -0.15) is 0 Å². The molecule has 0 aromatic heterocycles. The van der Waals surface area contributed by atoms with Crippen LogP contribution in [0.4, 0.5) is 4.39 Å². The first-order chi connectivity index (χ1) is 10.9. The van der Waals surface area contributed by atoms with E-state index < -0.39 is 11.9 Å². The highest BCUT2D eigenvalue weighted by Gasteiger charge is 2.33. The second-order valence-electron chi connectivity index (χ2n) is 6.29. The third-order valence-corrected chi connectivity index (χ3v) is 5.33. The number of carboxylic acids is 1. The average molecular weight is 339 g/mol. The van der Waals surface area contributed by atoms with E-state index in [-0.39, 0.29) is 23.6 Å². The molecule has 1 aliphatic heterocycles. The maximum Gasteiger partial charge on any atom is 0.308 e. The second kappa shape index (κ2) is 7.81. The summed E-state index contributed by atoms with van der Waals surface area (Å²) in [5.41, 5.74) is 0. The molecule has 1 aliphatic rings. The maximum absolute atomic E-state index is 12.9. The van der Waals surface area contributed by atoms with Crippen LogP contribution in [-0.4, -0.2) is 40.7 Å². The number of hydrogen-bond donors (Lipinski definition) is 1. The van der Waals surface area contributed by atoms with Crippen LogP contribution < -0.4 is 0 Å². The van der Waals surface area contributed by atoms with Gasteiger partial charge < -0.3 is 10.0 Å². The van der Waals surface area contributed by atoms with Crippen LogP contribution in [0.5, 0.6) is 0 Å². The minimum atomic E-state index is -0.831. The summed E-state index contributed by atoms with van der Waals surface area (Å²) in [7, 11) is 0. The average Bonchev–Trinajstić information content (AvgIpc) is 2.52. The first kappa shape index (κ1) is 17.8. The fourth-order valence-electron chi connectivity index (χ4n) is 2.85. The molecule has 126 valence electrons. The molecule has 6 heteroatoms.